The Bertz CT molecular complexity index is 354. The molecule has 2 nitrogen and oxygen atoms in total. The zero-order valence-corrected chi connectivity index (χ0v) is 10.2. The van der Waals surface area contributed by atoms with E-state index in [0.717, 1.165) is 18.6 Å². The molecular weight excluding hydrogens is 198 g/mol. The summed E-state index contributed by atoms with van der Waals surface area (Å²) in [6.45, 7) is 2.14. The first-order valence-corrected chi connectivity index (χ1v) is 6.11. The van der Waals surface area contributed by atoms with Gasteiger partial charge < -0.3 is 10.5 Å². The maximum atomic E-state index is 5.94. The van der Waals surface area contributed by atoms with Crippen molar-refractivity contribution in [3.05, 3.63) is 29.3 Å². The van der Waals surface area contributed by atoms with Crippen LogP contribution in [0.15, 0.2) is 18.2 Å². The van der Waals surface area contributed by atoms with Gasteiger partial charge in [0.2, 0.25) is 0 Å². The van der Waals surface area contributed by atoms with Crippen LogP contribution in [0.4, 0.5) is 0 Å². The van der Waals surface area contributed by atoms with Crippen molar-refractivity contribution >= 4 is 0 Å². The molecule has 2 heteroatoms. The Kier molecular flexibility index (Phi) is 3.49. The van der Waals surface area contributed by atoms with E-state index in [1.165, 1.54) is 24.0 Å². The number of aryl methyl sites for hydroxylation is 1. The quantitative estimate of drug-likeness (QED) is 0.830. The van der Waals surface area contributed by atoms with Crippen LogP contribution in [0.2, 0.25) is 0 Å². The van der Waals surface area contributed by atoms with Crippen LogP contribution in [0.25, 0.3) is 0 Å². The van der Waals surface area contributed by atoms with Gasteiger partial charge in [0.1, 0.15) is 5.75 Å². The average molecular weight is 219 g/mol. The summed E-state index contributed by atoms with van der Waals surface area (Å²) in [6, 6.07) is 6.86. The third kappa shape index (κ3) is 2.38. The van der Waals surface area contributed by atoms with Gasteiger partial charge in [-0.2, -0.15) is 0 Å². The molecule has 1 saturated carbocycles. The summed E-state index contributed by atoms with van der Waals surface area (Å²) in [7, 11) is 1.75. The van der Waals surface area contributed by atoms with E-state index in [1.54, 1.807) is 7.11 Å². The van der Waals surface area contributed by atoms with Gasteiger partial charge in [0.25, 0.3) is 0 Å². The van der Waals surface area contributed by atoms with Crippen molar-refractivity contribution in [1.29, 1.82) is 0 Å². The summed E-state index contributed by atoms with van der Waals surface area (Å²) < 4.78 is 5.45. The van der Waals surface area contributed by atoms with Gasteiger partial charge >= 0.3 is 0 Å². The summed E-state index contributed by atoms with van der Waals surface area (Å²) in [4.78, 5) is 0. The molecule has 0 aromatic heterocycles. The van der Waals surface area contributed by atoms with Crippen LogP contribution in [0.5, 0.6) is 5.75 Å². The first kappa shape index (κ1) is 11.5. The predicted octanol–water partition coefficient (Wildman–Crippen LogP) is 2.99. The second kappa shape index (κ2) is 4.88. The molecule has 88 valence electrons. The summed E-state index contributed by atoms with van der Waals surface area (Å²) in [5.41, 5.74) is 8.62. The van der Waals surface area contributed by atoms with Crippen LogP contribution in [-0.2, 0) is 0 Å². The van der Waals surface area contributed by atoms with E-state index in [9.17, 15) is 0 Å². The van der Waals surface area contributed by atoms with E-state index in [2.05, 4.69) is 25.1 Å². The molecule has 1 fully saturated rings. The minimum absolute atomic E-state index is 0.409. The summed E-state index contributed by atoms with van der Waals surface area (Å²) >= 11 is 0. The lowest BCUT2D eigenvalue weighted by Gasteiger charge is -2.27. The Hall–Kier alpha value is -1.02. The molecule has 0 aliphatic heterocycles. The van der Waals surface area contributed by atoms with E-state index in [0.29, 0.717) is 12.0 Å². The van der Waals surface area contributed by atoms with Gasteiger partial charge in [-0.3, -0.25) is 0 Å². The number of nitrogens with two attached hydrogens (primary N) is 1. The van der Waals surface area contributed by atoms with Crippen molar-refractivity contribution < 1.29 is 4.74 Å². The van der Waals surface area contributed by atoms with Gasteiger partial charge in [-0.05, 0) is 50.2 Å². The number of hydrogen-bond donors (Lipinski definition) is 1. The number of rotatable bonds is 2. The second-order valence-corrected chi connectivity index (χ2v) is 4.86. The topological polar surface area (TPSA) is 35.2 Å². The summed E-state index contributed by atoms with van der Waals surface area (Å²) in [6.07, 6.45) is 4.67. The van der Waals surface area contributed by atoms with Gasteiger partial charge in [0.05, 0.1) is 7.11 Å². The van der Waals surface area contributed by atoms with Crippen LogP contribution >= 0.6 is 0 Å². The average Bonchev–Trinajstić information content (AvgIpc) is 2.30. The Morgan fingerprint density at radius 3 is 2.50 bits per heavy atom. The van der Waals surface area contributed by atoms with Gasteiger partial charge in [0, 0.05) is 6.04 Å². The van der Waals surface area contributed by atoms with Crippen LogP contribution < -0.4 is 10.5 Å². The minimum Gasteiger partial charge on any atom is -0.496 e. The Labute approximate surface area is 97.8 Å². The molecule has 0 saturated heterocycles. The lowest BCUT2D eigenvalue weighted by Crippen LogP contribution is -2.25. The first-order chi connectivity index (χ1) is 7.70. The second-order valence-electron chi connectivity index (χ2n) is 4.86. The predicted molar refractivity (Wildman–Crippen MR) is 66.9 cm³/mol. The van der Waals surface area contributed by atoms with Crippen molar-refractivity contribution in [2.75, 3.05) is 7.11 Å². The van der Waals surface area contributed by atoms with E-state index in [1.807, 2.05) is 0 Å². The molecule has 1 aliphatic carbocycles. The molecule has 0 heterocycles. The smallest absolute Gasteiger partial charge is 0.122 e. The first-order valence-electron chi connectivity index (χ1n) is 6.11. The number of methoxy groups -OCH3 is 1. The van der Waals surface area contributed by atoms with Crippen molar-refractivity contribution in [3.8, 4) is 5.75 Å². The van der Waals surface area contributed by atoms with Crippen LogP contribution in [0.1, 0.15) is 42.7 Å². The maximum absolute atomic E-state index is 5.94. The van der Waals surface area contributed by atoms with Crippen LogP contribution in [-0.4, -0.2) is 13.2 Å². The number of hydrogen-bond acceptors (Lipinski definition) is 2. The van der Waals surface area contributed by atoms with Gasteiger partial charge in [-0.1, -0.05) is 17.7 Å². The third-order valence-corrected chi connectivity index (χ3v) is 3.60. The molecule has 0 unspecified atom stereocenters. The number of benzene rings is 1. The lowest BCUT2D eigenvalue weighted by atomic mass is 9.81. The molecule has 0 spiro atoms. The van der Waals surface area contributed by atoms with Crippen molar-refractivity contribution in [3.63, 3.8) is 0 Å². The van der Waals surface area contributed by atoms with E-state index in [4.69, 9.17) is 10.5 Å². The molecule has 2 N–H and O–H groups in total. The molecule has 0 amide bonds. The van der Waals surface area contributed by atoms with Crippen LogP contribution in [0, 0.1) is 6.92 Å². The standard InChI is InChI=1S/C14H21NO/c1-10-3-8-14(16-2)13(9-10)11-4-6-12(15)7-5-11/h3,8-9,11-12H,4-7,15H2,1-2H3. The summed E-state index contributed by atoms with van der Waals surface area (Å²) in [5.74, 6) is 1.67. The highest BCUT2D eigenvalue weighted by molar-refractivity contribution is 5.39. The summed E-state index contributed by atoms with van der Waals surface area (Å²) in [5, 5.41) is 0. The Morgan fingerprint density at radius 1 is 1.19 bits per heavy atom. The highest BCUT2D eigenvalue weighted by Gasteiger charge is 2.22. The molecule has 2 rings (SSSR count). The monoisotopic (exact) mass is 219 g/mol. The van der Waals surface area contributed by atoms with Crippen molar-refractivity contribution in [1.82, 2.24) is 0 Å². The fourth-order valence-electron chi connectivity index (χ4n) is 2.60. The third-order valence-electron chi connectivity index (χ3n) is 3.60. The normalized spacial score (nSPS) is 25.4. The number of ether oxygens (including phenoxy) is 1. The SMILES string of the molecule is COc1ccc(C)cc1C1CCC(N)CC1. The highest BCUT2D eigenvalue weighted by atomic mass is 16.5. The zero-order valence-electron chi connectivity index (χ0n) is 10.2. The minimum atomic E-state index is 0.409. The van der Waals surface area contributed by atoms with Gasteiger partial charge in [0.15, 0.2) is 0 Å². The molecule has 0 radical (unpaired) electrons. The fraction of sp³-hybridized carbons (Fsp3) is 0.571. The van der Waals surface area contributed by atoms with Crippen LogP contribution in [0.3, 0.4) is 0 Å². The molecule has 1 aliphatic rings. The van der Waals surface area contributed by atoms with E-state index < -0.39 is 0 Å². The lowest BCUT2D eigenvalue weighted by molar-refractivity contribution is 0.369. The highest BCUT2D eigenvalue weighted by Crippen LogP contribution is 2.37. The largest absolute Gasteiger partial charge is 0.496 e. The molecular formula is C14H21NO. The van der Waals surface area contributed by atoms with Crippen molar-refractivity contribution in [2.45, 2.75) is 44.6 Å². The zero-order chi connectivity index (χ0) is 11.5. The van der Waals surface area contributed by atoms with E-state index >= 15 is 0 Å². The molecule has 1 aromatic carbocycles. The molecule has 16 heavy (non-hydrogen) atoms. The van der Waals surface area contributed by atoms with Gasteiger partial charge in [-0.25, -0.2) is 0 Å². The van der Waals surface area contributed by atoms with E-state index in [-0.39, 0.29) is 0 Å². The Morgan fingerprint density at radius 2 is 1.88 bits per heavy atom. The molecule has 0 bridgehead atoms. The molecule has 1 aromatic rings. The molecule has 0 atom stereocenters. The van der Waals surface area contributed by atoms with Crippen molar-refractivity contribution in [2.24, 2.45) is 5.73 Å². The maximum Gasteiger partial charge on any atom is 0.122 e. The van der Waals surface area contributed by atoms with Gasteiger partial charge in [-0.15, -0.1) is 0 Å². The fourth-order valence-corrected chi connectivity index (χ4v) is 2.60. The Balaban J connectivity index is 2.21.